The molecule has 14 heteroatoms. The summed E-state index contributed by atoms with van der Waals surface area (Å²) in [5, 5.41) is 16.4. The maximum atomic E-state index is 14.0. The molecule has 0 spiro atoms. The van der Waals surface area contributed by atoms with Crippen LogP contribution in [-0.2, 0) is 10.0 Å². The van der Waals surface area contributed by atoms with Crippen molar-refractivity contribution in [3.8, 4) is 28.8 Å². The summed E-state index contributed by atoms with van der Waals surface area (Å²) in [6.45, 7) is 1.49. The van der Waals surface area contributed by atoms with Crippen LogP contribution in [0.3, 0.4) is 0 Å². The molecule has 42 heavy (non-hydrogen) atoms. The van der Waals surface area contributed by atoms with E-state index in [1.165, 1.54) is 49.4 Å². The van der Waals surface area contributed by atoms with Crippen LogP contribution in [0.25, 0.3) is 5.69 Å². The topological polar surface area (TPSA) is 158 Å². The van der Waals surface area contributed by atoms with Gasteiger partial charge in [0.1, 0.15) is 16.5 Å². The van der Waals surface area contributed by atoms with Gasteiger partial charge in [0.25, 0.3) is 5.91 Å². The van der Waals surface area contributed by atoms with Crippen molar-refractivity contribution in [3.05, 3.63) is 83.3 Å². The van der Waals surface area contributed by atoms with Crippen LogP contribution in [0.2, 0.25) is 0 Å². The van der Waals surface area contributed by atoms with Gasteiger partial charge < -0.3 is 24.6 Å². The van der Waals surface area contributed by atoms with Crippen molar-refractivity contribution >= 4 is 27.6 Å². The summed E-state index contributed by atoms with van der Waals surface area (Å²) < 4.78 is 61.2. The molecule has 3 aromatic carbocycles. The minimum atomic E-state index is -4.15. The molecular formula is C28H23FN4O8S. The van der Waals surface area contributed by atoms with Crippen molar-refractivity contribution in [1.82, 2.24) is 14.5 Å². The summed E-state index contributed by atoms with van der Waals surface area (Å²) in [6.07, 6.45) is 1.34. The number of rotatable bonds is 9. The number of hydrogen-bond acceptors (Lipinski definition) is 8. The highest BCUT2D eigenvalue weighted by Gasteiger charge is 2.32. The number of halogens is 1. The number of sulfonamides is 1. The van der Waals surface area contributed by atoms with Gasteiger partial charge >= 0.3 is 5.97 Å². The van der Waals surface area contributed by atoms with E-state index < -0.39 is 27.7 Å². The van der Waals surface area contributed by atoms with Crippen LogP contribution >= 0.6 is 0 Å². The number of benzene rings is 3. The number of carbonyl (C=O) groups is 2. The number of carbonyl (C=O) groups excluding carboxylic acids is 1. The quantitative estimate of drug-likeness (QED) is 0.258. The average molecular weight is 595 g/mol. The van der Waals surface area contributed by atoms with Crippen LogP contribution in [0.4, 0.5) is 10.1 Å². The molecule has 216 valence electrons. The van der Waals surface area contributed by atoms with E-state index >= 15 is 0 Å². The number of carboxylic acid groups (broad SMARTS) is 1. The molecule has 1 aromatic heterocycles. The van der Waals surface area contributed by atoms with Gasteiger partial charge in [-0.2, -0.15) is 9.78 Å². The molecule has 1 aliphatic carbocycles. The Kier molecular flexibility index (Phi) is 6.79. The molecule has 12 nitrogen and oxygen atoms in total. The molecule has 4 aromatic rings. The smallest absolute Gasteiger partial charge is 0.356 e. The predicted molar refractivity (Wildman–Crippen MR) is 146 cm³/mol. The first-order chi connectivity index (χ1) is 20.1. The van der Waals surface area contributed by atoms with Gasteiger partial charge in [0.2, 0.25) is 22.7 Å². The van der Waals surface area contributed by atoms with Crippen molar-refractivity contribution in [2.75, 3.05) is 12.1 Å². The number of nitrogens with zero attached hydrogens (tertiary/aromatic N) is 2. The van der Waals surface area contributed by atoms with Gasteiger partial charge in [-0.1, -0.05) is 6.07 Å². The fourth-order valence-electron chi connectivity index (χ4n) is 4.30. The van der Waals surface area contributed by atoms with E-state index in [2.05, 4.69) is 15.1 Å². The molecule has 1 aliphatic heterocycles. The summed E-state index contributed by atoms with van der Waals surface area (Å²) in [5.74, 6) is -1.84. The van der Waals surface area contributed by atoms with Crippen LogP contribution in [0.5, 0.6) is 23.1 Å². The first-order valence-electron chi connectivity index (χ1n) is 12.7. The zero-order valence-corrected chi connectivity index (χ0v) is 22.8. The predicted octanol–water partition coefficient (Wildman–Crippen LogP) is 4.23. The van der Waals surface area contributed by atoms with Crippen molar-refractivity contribution < 1.29 is 41.7 Å². The molecule has 6 rings (SSSR count). The number of aromatic carboxylic acids is 1. The average Bonchev–Trinajstić information content (AvgIpc) is 3.51. The Bertz CT molecular complexity index is 1850. The third-order valence-electron chi connectivity index (χ3n) is 6.56. The highest BCUT2D eigenvalue weighted by atomic mass is 32.2. The van der Waals surface area contributed by atoms with Crippen LogP contribution in [-0.4, -0.2) is 48.0 Å². The standard InChI is InChI=1S/C28H23FN4O8S/c1-15-25(28(35)36)31-33(20-4-2-3-17(29)12-20)27(15)41-22-10-8-19(13-24(22)42(37,38)32-18-6-7-18)30-26(34)16-5-9-21-23(11-16)40-14-39-21/h2-5,8-13,18,32H,6-7,14H2,1H3,(H,30,34)(H,35,36). The number of nitrogens with one attached hydrogen (secondary N) is 2. The summed E-state index contributed by atoms with van der Waals surface area (Å²) in [5.41, 5.74) is 0.306. The molecule has 1 amide bonds. The minimum Gasteiger partial charge on any atom is -0.476 e. The van der Waals surface area contributed by atoms with Crippen LogP contribution in [0, 0.1) is 12.7 Å². The largest absolute Gasteiger partial charge is 0.476 e. The first kappa shape index (κ1) is 27.2. The van der Waals surface area contributed by atoms with Crippen LogP contribution < -0.4 is 24.2 Å². The first-order valence-corrected chi connectivity index (χ1v) is 14.2. The van der Waals surface area contributed by atoms with Gasteiger partial charge in [-0.05, 0) is 74.4 Å². The van der Waals surface area contributed by atoms with Crippen molar-refractivity contribution in [2.45, 2.75) is 30.7 Å². The monoisotopic (exact) mass is 594 g/mol. The summed E-state index contributed by atoms with van der Waals surface area (Å²) >= 11 is 0. The molecule has 0 saturated heterocycles. The van der Waals surface area contributed by atoms with Gasteiger partial charge in [-0.15, -0.1) is 0 Å². The molecule has 3 N–H and O–H groups in total. The lowest BCUT2D eigenvalue weighted by molar-refractivity contribution is 0.0689. The maximum Gasteiger partial charge on any atom is 0.356 e. The molecule has 2 aliphatic rings. The van der Waals surface area contributed by atoms with Crippen molar-refractivity contribution in [1.29, 1.82) is 0 Å². The molecule has 2 heterocycles. The third kappa shape index (κ3) is 5.36. The zero-order chi connectivity index (χ0) is 29.6. The highest BCUT2D eigenvalue weighted by molar-refractivity contribution is 7.89. The van der Waals surface area contributed by atoms with Gasteiger partial charge in [0.15, 0.2) is 17.2 Å². The fraction of sp³-hybridized carbons (Fsp3) is 0.179. The van der Waals surface area contributed by atoms with Crippen molar-refractivity contribution in [3.63, 3.8) is 0 Å². The van der Waals surface area contributed by atoms with E-state index in [0.29, 0.717) is 24.3 Å². The molecule has 0 bridgehead atoms. The Morgan fingerprint density at radius 3 is 2.60 bits per heavy atom. The minimum absolute atomic E-state index is 0.0443. The Morgan fingerprint density at radius 1 is 1.07 bits per heavy atom. The van der Waals surface area contributed by atoms with Crippen LogP contribution in [0.15, 0.2) is 65.6 Å². The summed E-state index contributed by atoms with van der Waals surface area (Å²) in [7, 11) is -4.15. The number of ether oxygens (including phenoxy) is 3. The highest BCUT2D eigenvalue weighted by Crippen LogP contribution is 2.37. The lowest BCUT2D eigenvalue weighted by Crippen LogP contribution is -2.26. The summed E-state index contributed by atoms with van der Waals surface area (Å²) in [6, 6.07) is 13.7. The normalized spacial score (nSPS) is 14.0. The Balaban J connectivity index is 1.38. The van der Waals surface area contributed by atoms with Crippen molar-refractivity contribution in [2.24, 2.45) is 0 Å². The third-order valence-corrected chi connectivity index (χ3v) is 8.10. The summed E-state index contributed by atoms with van der Waals surface area (Å²) in [4.78, 5) is 24.5. The van der Waals surface area contributed by atoms with E-state index in [9.17, 15) is 27.5 Å². The van der Waals surface area contributed by atoms with Crippen LogP contribution in [0.1, 0.15) is 39.3 Å². The number of carboxylic acids is 1. The Morgan fingerprint density at radius 2 is 1.86 bits per heavy atom. The molecule has 0 radical (unpaired) electrons. The lowest BCUT2D eigenvalue weighted by Gasteiger charge is -2.16. The molecule has 1 fully saturated rings. The van der Waals surface area contributed by atoms with Gasteiger partial charge in [-0.3, -0.25) is 4.79 Å². The van der Waals surface area contributed by atoms with E-state index in [4.69, 9.17) is 14.2 Å². The Labute approximate surface area is 238 Å². The second-order valence-corrected chi connectivity index (χ2v) is 11.3. The number of hydrogen-bond donors (Lipinski definition) is 3. The SMILES string of the molecule is Cc1c(C(=O)O)nn(-c2cccc(F)c2)c1Oc1ccc(NC(=O)c2ccc3c(c2)OCO3)cc1S(=O)(=O)NC1CC1. The van der Waals surface area contributed by atoms with E-state index in [1.54, 1.807) is 12.1 Å². The fourth-order valence-corrected chi connectivity index (χ4v) is 5.75. The second-order valence-electron chi connectivity index (χ2n) is 9.66. The zero-order valence-electron chi connectivity index (χ0n) is 22.0. The van der Waals surface area contributed by atoms with E-state index in [1.807, 2.05) is 0 Å². The van der Waals surface area contributed by atoms with Gasteiger partial charge in [0, 0.05) is 22.9 Å². The molecular weight excluding hydrogens is 571 g/mol. The van der Waals surface area contributed by atoms with E-state index in [0.717, 1.165) is 10.7 Å². The van der Waals surface area contributed by atoms with E-state index in [-0.39, 0.29) is 57.6 Å². The molecule has 1 saturated carbocycles. The number of aromatic nitrogens is 2. The number of fused-ring (bicyclic) bond motifs is 1. The van der Waals surface area contributed by atoms with Gasteiger partial charge in [-0.25, -0.2) is 22.3 Å². The second kappa shape index (κ2) is 10.5. The van der Waals surface area contributed by atoms with Gasteiger partial charge in [0.05, 0.1) is 5.69 Å². The molecule has 0 unspecified atom stereocenters. The number of anilines is 1. The molecule has 0 atom stereocenters. The number of amides is 1. The Hall–Kier alpha value is -4.95. The maximum absolute atomic E-state index is 14.0. The lowest BCUT2D eigenvalue weighted by atomic mass is 10.2.